The van der Waals surface area contributed by atoms with Crippen LogP contribution in [0.2, 0.25) is 0 Å². The fourth-order valence-electron chi connectivity index (χ4n) is 5.41. The Bertz CT molecular complexity index is 1430. The Kier molecular flexibility index (Phi) is 7.80. The molecular weight excluding hydrogens is 476 g/mol. The molecule has 1 unspecified atom stereocenters. The molecule has 1 amide bonds. The van der Waals surface area contributed by atoms with E-state index in [4.69, 9.17) is 14.2 Å². The zero-order valence-electron chi connectivity index (χ0n) is 22.2. The SMILES string of the molecule is COc1ccc2c(c1)CCN(CC(=O)NCc1cccc3ccccc13)C2Cc1ccc(OC)c(OC)c1. The fraction of sp³-hybridized carbons (Fsp3) is 0.281. The Balaban J connectivity index is 1.36. The third-order valence-electron chi connectivity index (χ3n) is 7.40. The highest BCUT2D eigenvalue weighted by Crippen LogP contribution is 2.36. The van der Waals surface area contributed by atoms with E-state index in [0.29, 0.717) is 24.6 Å². The van der Waals surface area contributed by atoms with Gasteiger partial charge in [0.25, 0.3) is 0 Å². The molecular formula is C32H34N2O4. The Morgan fingerprint density at radius 1 is 0.895 bits per heavy atom. The second kappa shape index (κ2) is 11.6. The first kappa shape index (κ1) is 25.6. The number of amides is 1. The van der Waals surface area contributed by atoms with E-state index in [1.165, 1.54) is 21.9 Å². The quantitative estimate of drug-likeness (QED) is 0.330. The second-order valence-electron chi connectivity index (χ2n) is 9.61. The standard InChI is InChI=1S/C32H34N2O4/c1-36-26-12-13-28-24(19-26)15-16-34(29(28)17-22-11-14-30(37-2)31(18-22)38-3)21-32(35)33-20-25-9-6-8-23-7-4-5-10-27(23)25/h4-14,18-19,29H,15-17,20-21H2,1-3H3,(H,33,35). The summed E-state index contributed by atoms with van der Waals surface area (Å²) in [5, 5.41) is 5.51. The van der Waals surface area contributed by atoms with Crippen LogP contribution in [0.5, 0.6) is 17.2 Å². The van der Waals surface area contributed by atoms with Gasteiger partial charge in [-0.25, -0.2) is 0 Å². The number of carbonyl (C=O) groups excluding carboxylic acids is 1. The van der Waals surface area contributed by atoms with Crippen LogP contribution in [0.4, 0.5) is 0 Å². The first-order valence-electron chi connectivity index (χ1n) is 12.9. The Morgan fingerprint density at radius 2 is 1.71 bits per heavy atom. The lowest BCUT2D eigenvalue weighted by Crippen LogP contribution is -2.43. The number of ether oxygens (including phenoxy) is 3. The van der Waals surface area contributed by atoms with Crippen LogP contribution in [0.25, 0.3) is 10.8 Å². The number of nitrogens with one attached hydrogen (secondary N) is 1. The summed E-state index contributed by atoms with van der Waals surface area (Å²) in [7, 11) is 4.98. The molecule has 196 valence electrons. The van der Waals surface area contributed by atoms with E-state index in [2.05, 4.69) is 52.7 Å². The van der Waals surface area contributed by atoms with E-state index in [9.17, 15) is 4.79 Å². The minimum absolute atomic E-state index is 0.0206. The van der Waals surface area contributed by atoms with Crippen LogP contribution in [0, 0.1) is 0 Å². The highest BCUT2D eigenvalue weighted by molar-refractivity contribution is 5.86. The number of benzene rings is 4. The van der Waals surface area contributed by atoms with Crippen molar-refractivity contribution in [2.45, 2.75) is 25.4 Å². The summed E-state index contributed by atoms with van der Waals surface area (Å²) in [4.78, 5) is 15.5. The number of hydrogen-bond acceptors (Lipinski definition) is 5. The molecule has 4 aromatic rings. The Morgan fingerprint density at radius 3 is 2.53 bits per heavy atom. The second-order valence-corrected chi connectivity index (χ2v) is 9.61. The van der Waals surface area contributed by atoms with Crippen molar-refractivity contribution in [1.82, 2.24) is 10.2 Å². The number of hydrogen-bond donors (Lipinski definition) is 1. The van der Waals surface area contributed by atoms with Gasteiger partial charge in [0.15, 0.2) is 11.5 Å². The van der Waals surface area contributed by atoms with Gasteiger partial charge in [-0.2, -0.15) is 0 Å². The Labute approximate surface area is 224 Å². The molecule has 4 aromatic carbocycles. The molecule has 5 rings (SSSR count). The molecule has 0 aromatic heterocycles. The summed E-state index contributed by atoms with van der Waals surface area (Å²) in [5.41, 5.74) is 4.74. The van der Waals surface area contributed by atoms with Crippen molar-refractivity contribution < 1.29 is 19.0 Å². The van der Waals surface area contributed by atoms with Gasteiger partial charge in [-0.1, -0.05) is 54.6 Å². The topological polar surface area (TPSA) is 60.0 Å². The minimum Gasteiger partial charge on any atom is -0.497 e. The van der Waals surface area contributed by atoms with E-state index in [-0.39, 0.29) is 11.9 Å². The molecule has 1 aliphatic heterocycles. The maximum Gasteiger partial charge on any atom is 0.234 e. The predicted octanol–water partition coefficient (Wildman–Crippen LogP) is 5.32. The number of nitrogens with zero attached hydrogens (tertiary/aromatic N) is 1. The summed E-state index contributed by atoms with van der Waals surface area (Å²) < 4.78 is 16.4. The predicted molar refractivity (Wildman–Crippen MR) is 150 cm³/mol. The van der Waals surface area contributed by atoms with Crippen molar-refractivity contribution in [2.24, 2.45) is 0 Å². The molecule has 0 aliphatic carbocycles. The van der Waals surface area contributed by atoms with E-state index >= 15 is 0 Å². The van der Waals surface area contributed by atoms with E-state index in [0.717, 1.165) is 36.3 Å². The van der Waals surface area contributed by atoms with Gasteiger partial charge in [0.05, 0.1) is 27.9 Å². The van der Waals surface area contributed by atoms with Gasteiger partial charge >= 0.3 is 0 Å². The highest BCUT2D eigenvalue weighted by Gasteiger charge is 2.29. The maximum absolute atomic E-state index is 13.2. The van der Waals surface area contributed by atoms with Crippen LogP contribution in [0.3, 0.4) is 0 Å². The first-order valence-corrected chi connectivity index (χ1v) is 12.9. The largest absolute Gasteiger partial charge is 0.497 e. The van der Waals surface area contributed by atoms with Crippen molar-refractivity contribution in [3.8, 4) is 17.2 Å². The van der Waals surface area contributed by atoms with E-state index in [1.807, 2.05) is 36.4 Å². The lowest BCUT2D eigenvalue weighted by Gasteiger charge is -2.37. The molecule has 0 saturated heterocycles. The summed E-state index contributed by atoms with van der Waals surface area (Å²) in [6.07, 6.45) is 1.61. The lowest BCUT2D eigenvalue weighted by atomic mass is 9.88. The van der Waals surface area contributed by atoms with Crippen molar-refractivity contribution >= 4 is 16.7 Å². The van der Waals surface area contributed by atoms with Gasteiger partial charge in [-0.15, -0.1) is 0 Å². The number of fused-ring (bicyclic) bond motifs is 2. The van der Waals surface area contributed by atoms with Gasteiger partial charge < -0.3 is 19.5 Å². The van der Waals surface area contributed by atoms with Gasteiger partial charge in [0, 0.05) is 19.1 Å². The summed E-state index contributed by atoms with van der Waals surface area (Å²) in [6, 6.07) is 26.8. The summed E-state index contributed by atoms with van der Waals surface area (Å²) >= 11 is 0. The van der Waals surface area contributed by atoms with Crippen molar-refractivity contribution in [1.29, 1.82) is 0 Å². The van der Waals surface area contributed by atoms with Crippen LogP contribution in [0.15, 0.2) is 78.9 Å². The Hall–Kier alpha value is -4.03. The van der Waals surface area contributed by atoms with Crippen molar-refractivity contribution in [3.05, 3.63) is 101 Å². The average molecular weight is 511 g/mol. The molecule has 0 spiro atoms. The number of rotatable bonds is 9. The van der Waals surface area contributed by atoms with Gasteiger partial charge in [-0.05, 0) is 70.1 Å². The van der Waals surface area contributed by atoms with Crippen LogP contribution in [-0.2, 0) is 24.2 Å². The molecule has 38 heavy (non-hydrogen) atoms. The first-order chi connectivity index (χ1) is 18.6. The number of carbonyl (C=O) groups is 1. The van der Waals surface area contributed by atoms with E-state index < -0.39 is 0 Å². The van der Waals surface area contributed by atoms with Crippen molar-refractivity contribution in [2.75, 3.05) is 34.4 Å². The van der Waals surface area contributed by atoms with Gasteiger partial charge in [-0.3, -0.25) is 9.69 Å². The van der Waals surface area contributed by atoms with Gasteiger partial charge in [0.2, 0.25) is 5.91 Å². The highest BCUT2D eigenvalue weighted by atomic mass is 16.5. The fourth-order valence-corrected chi connectivity index (χ4v) is 5.41. The summed E-state index contributed by atoms with van der Waals surface area (Å²) in [6.45, 7) is 1.62. The molecule has 1 atom stereocenters. The van der Waals surface area contributed by atoms with Crippen LogP contribution in [-0.4, -0.2) is 45.2 Å². The zero-order chi connectivity index (χ0) is 26.5. The molecule has 1 aliphatic rings. The maximum atomic E-state index is 13.2. The molecule has 1 N–H and O–H groups in total. The molecule has 6 nitrogen and oxygen atoms in total. The van der Waals surface area contributed by atoms with Crippen LogP contribution >= 0.6 is 0 Å². The lowest BCUT2D eigenvalue weighted by molar-refractivity contribution is -0.123. The third kappa shape index (κ3) is 5.46. The minimum atomic E-state index is 0.0206. The monoisotopic (exact) mass is 510 g/mol. The van der Waals surface area contributed by atoms with E-state index in [1.54, 1.807) is 21.3 Å². The molecule has 0 bridgehead atoms. The zero-order valence-corrected chi connectivity index (χ0v) is 22.2. The van der Waals surface area contributed by atoms with Gasteiger partial charge in [0.1, 0.15) is 5.75 Å². The normalized spacial score (nSPS) is 15.1. The molecule has 0 radical (unpaired) electrons. The average Bonchev–Trinajstić information content (AvgIpc) is 2.96. The summed E-state index contributed by atoms with van der Waals surface area (Å²) in [5.74, 6) is 2.28. The molecule has 6 heteroatoms. The molecule has 0 fully saturated rings. The number of methoxy groups -OCH3 is 3. The smallest absolute Gasteiger partial charge is 0.234 e. The van der Waals surface area contributed by atoms with Crippen molar-refractivity contribution in [3.63, 3.8) is 0 Å². The van der Waals surface area contributed by atoms with Crippen LogP contribution < -0.4 is 19.5 Å². The third-order valence-corrected chi connectivity index (χ3v) is 7.40. The molecule has 0 saturated carbocycles. The van der Waals surface area contributed by atoms with Crippen LogP contribution in [0.1, 0.15) is 28.3 Å². The molecule has 1 heterocycles.